The Morgan fingerprint density at radius 3 is 2.11 bits per heavy atom. The zero-order valence-corrected chi connectivity index (χ0v) is 26.5. The van der Waals surface area contributed by atoms with Crippen molar-refractivity contribution in [2.75, 3.05) is 0 Å². The first-order valence-corrected chi connectivity index (χ1v) is 15.5. The summed E-state index contributed by atoms with van der Waals surface area (Å²) in [7, 11) is 0. The fourth-order valence-corrected chi connectivity index (χ4v) is 6.12. The van der Waals surface area contributed by atoms with Crippen LogP contribution in [0.2, 0.25) is 0 Å². The van der Waals surface area contributed by atoms with Gasteiger partial charge in [0.25, 0.3) is 0 Å². The van der Waals surface area contributed by atoms with E-state index < -0.39 is 0 Å². The lowest BCUT2D eigenvalue weighted by Crippen LogP contribution is -2.19. The van der Waals surface area contributed by atoms with Crippen molar-refractivity contribution >= 4 is 21.8 Å². The minimum absolute atomic E-state index is 0.0299. The van der Waals surface area contributed by atoms with Gasteiger partial charge in [-0.05, 0) is 82.8 Å². The fourth-order valence-electron chi connectivity index (χ4n) is 6.12. The quantitative estimate of drug-likeness (QED) is 0.194. The minimum atomic E-state index is -0.190. The van der Waals surface area contributed by atoms with Crippen molar-refractivity contribution in [2.24, 2.45) is 0 Å². The van der Waals surface area contributed by atoms with E-state index in [1.807, 2.05) is 48.8 Å². The van der Waals surface area contributed by atoms with Crippen LogP contribution < -0.4 is 4.74 Å². The Morgan fingerprint density at radius 2 is 1.33 bits per heavy atom. The second-order valence-electron chi connectivity index (χ2n) is 13.2. The van der Waals surface area contributed by atoms with Crippen molar-refractivity contribution < 1.29 is 4.74 Å². The molecule has 0 spiro atoms. The molecule has 0 bridgehead atoms. The van der Waals surface area contributed by atoms with E-state index in [-0.39, 0.29) is 10.8 Å². The lowest BCUT2D eigenvalue weighted by molar-refractivity contribution is 0.483. The van der Waals surface area contributed by atoms with Gasteiger partial charge in [-0.2, -0.15) is 0 Å². The summed E-state index contributed by atoms with van der Waals surface area (Å²) in [4.78, 5) is 9.44. The predicted octanol–water partition coefficient (Wildman–Crippen LogP) is 10.7. The first kappa shape index (κ1) is 28.5. The summed E-state index contributed by atoms with van der Waals surface area (Å²) in [5.41, 5.74) is 7.71. The van der Waals surface area contributed by atoms with Gasteiger partial charge in [0.1, 0.15) is 17.3 Å². The summed E-state index contributed by atoms with van der Waals surface area (Å²) in [6, 6.07) is 42.2. The highest BCUT2D eigenvalue weighted by molar-refractivity contribution is 6.09. The molecule has 45 heavy (non-hydrogen) atoms. The number of rotatable bonds is 6. The van der Waals surface area contributed by atoms with E-state index >= 15 is 0 Å². The highest BCUT2D eigenvalue weighted by atomic mass is 16.5. The van der Waals surface area contributed by atoms with Crippen LogP contribution in [0.5, 0.6) is 11.5 Å². The maximum atomic E-state index is 6.49. The maximum absolute atomic E-state index is 6.49. The molecule has 0 unspecified atom stereocenters. The van der Waals surface area contributed by atoms with Gasteiger partial charge in [-0.1, -0.05) is 89.2 Å². The van der Waals surface area contributed by atoms with Gasteiger partial charge in [-0.25, -0.2) is 4.98 Å². The van der Waals surface area contributed by atoms with Crippen molar-refractivity contribution in [2.45, 2.75) is 45.4 Å². The zero-order chi connectivity index (χ0) is 31.2. The van der Waals surface area contributed by atoms with Gasteiger partial charge in [-0.3, -0.25) is 9.55 Å². The number of aromatic nitrogens is 3. The molecule has 0 radical (unpaired) electrons. The summed E-state index contributed by atoms with van der Waals surface area (Å²) in [5, 5.41) is 2.37. The van der Waals surface area contributed by atoms with Crippen LogP contribution in [0, 0.1) is 0 Å². The Morgan fingerprint density at radius 1 is 0.533 bits per heavy atom. The molecule has 3 aromatic heterocycles. The van der Waals surface area contributed by atoms with E-state index in [0.717, 1.165) is 39.6 Å². The van der Waals surface area contributed by atoms with E-state index in [2.05, 4.69) is 129 Å². The van der Waals surface area contributed by atoms with E-state index in [1.54, 1.807) is 0 Å². The van der Waals surface area contributed by atoms with Crippen LogP contribution in [0.25, 0.3) is 38.9 Å². The second-order valence-corrected chi connectivity index (χ2v) is 13.2. The number of benzene rings is 4. The number of nitrogens with zero attached hydrogens (tertiary/aromatic N) is 3. The largest absolute Gasteiger partial charge is 0.457 e. The van der Waals surface area contributed by atoms with Crippen LogP contribution in [-0.2, 0) is 10.8 Å². The molecule has 222 valence electrons. The molecule has 4 heteroatoms. The van der Waals surface area contributed by atoms with Crippen LogP contribution in [0.4, 0.5) is 0 Å². The normalized spacial score (nSPS) is 12.1. The highest BCUT2D eigenvalue weighted by Crippen LogP contribution is 2.39. The topological polar surface area (TPSA) is 39.9 Å². The molecule has 0 saturated carbocycles. The zero-order valence-electron chi connectivity index (χ0n) is 26.5. The molecule has 0 atom stereocenters. The Labute approximate surface area is 265 Å². The van der Waals surface area contributed by atoms with Crippen LogP contribution in [0.1, 0.15) is 51.3 Å². The molecule has 4 nitrogen and oxygen atoms in total. The Hall–Kier alpha value is -5.22. The van der Waals surface area contributed by atoms with Gasteiger partial charge in [0.2, 0.25) is 0 Å². The van der Waals surface area contributed by atoms with Gasteiger partial charge >= 0.3 is 0 Å². The second kappa shape index (κ2) is 11.0. The Kier molecular flexibility index (Phi) is 7.01. The number of pyridine rings is 2. The first-order chi connectivity index (χ1) is 21.7. The van der Waals surface area contributed by atoms with Crippen molar-refractivity contribution in [1.82, 2.24) is 14.5 Å². The summed E-state index contributed by atoms with van der Waals surface area (Å²) in [6.45, 7) is 11.3. The van der Waals surface area contributed by atoms with E-state index in [9.17, 15) is 0 Å². The average Bonchev–Trinajstić information content (AvgIpc) is 3.38. The van der Waals surface area contributed by atoms with E-state index in [0.29, 0.717) is 0 Å². The third-order valence-electron chi connectivity index (χ3n) is 8.83. The Balaban J connectivity index is 1.38. The highest BCUT2D eigenvalue weighted by Gasteiger charge is 2.25. The van der Waals surface area contributed by atoms with Crippen molar-refractivity contribution in [3.8, 4) is 28.6 Å². The molecule has 0 aliphatic rings. The number of fused-ring (bicyclic) bond motifs is 3. The summed E-state index contributed by atoms with van der Waals surface area (Å²) in [5.74, 6) is 2.41. The molecule has 0 amide bonds. The van der Waals surface area contributed by atoms with Crippen molar-refractivity contribution in [3.63, 3.8) is 0 Å². The smallest absolute Gasteiger partial charge is 0.137 e. The minimum Gasteiger partial charge on any atom is -0.457 e. The SMILES string of the molecule is CC(C)(C)c1ccc2c(c1)c1ccc(Oc3cccc(-c4ccccn4)c3)cc1n2-c1cc(C(C)(C)c2ccccc2)ccn1. The summed E-state index contributed by atoms with van der Waals surface area (Å²) < 4.78 is 8.76. The van der Waals surface area contributed by atoms with E-state index in [1.165, 1.54) is 27.5 Å². The molecule has 0 aliphatic carbocycles. The Bertz CT molecular complexity index is 2140. The fraction of sp³-hybridized carbons (Fsp3) is 0.171. The van der Waals surface area contributed by atoms with Crippen molar-refractivity contribution in [3.05, 3.63) is 150 Å². The number of ether oxygens (including phenoxy) is 1. The van der Waals surface area contributed by atoms with Crippen LogP contribution in [0.3, 0.4) is 0 Å². The summed E-state index contributed by atoms with van der Waals surface area (Å²) >= 11 is 0. The van der Waals surface area contributed by atoms with Gasteiger partial charge in [0.05, 0.1) is 16.7 Å². The molecular weight excluding hydrogens is 550 g/mol. The van der Waals surface area contributed by atoms with Gasteiger partial charge in [-0.15, -0.1) is 0 Å². The van der Waals surface area contributed by atoms with Gasteiger partial charge in [0.15, 0.2) is 0 Å². The van der Waals surface area contributed by atoms with Gasteiger partial charge < -0.3 is 4.74 Å². The molecule has 0 N–H and O–H groups in total. The average molecular weight is 588 g/mol. The number of hydrogen-bond acceptors (Lipinski definition) is 3. The third-order valence-corrected chi connectivity index (χ3v) is 8.83. The molecule has 7 rings (SSSR count). The maximum Gasteiger partial charge on any atom is 0.137 e. The molecule has 0 aliphatic heterocycles. The molecule has 4 aromatic carbocycles. The van der Waals surface area contributed by atoms with Crippen LogP contribution in [-0.4, -0.2) is 14.5 Å². The molecule has 3 heterocycles. The van der Waals surface area contributed by atoms with Gasteiger partial charge in [0, 0.05) is 40.2 Å². The van der Waals surface area contributed by atoms with E-state index in [4.69, 9.17) is 9.72 Å². The molecule has 7 aromatic rings. The van der Waals surface area contributed by atoms with Crippen LogP contribution in [0.15, 0.2) is 134 Å². The monoisotopic (exact) mass is 587 g/mol. The standard InChI is InChI=1S/C41H37N3O/c1-40(2,3)30-17-20-37-35(25-30)34-19-18-33(45-32-15-11-12-28(24-32)36-16-9-10-22-42-36)27-38(34)44(37)39-26-31(21-23-43-39)41(4,5)29-13-7-6-8-14-29/h6-27H,1-5H3. The summed E-state index contributed by atoms with van der Waals surface area (Å²) in [6.07, 6.45) is 3.74. The first-order valence-electron chi connectivity index (χ1n) is 15.5. The van der Waals surface area contributed by atoms with Crippen LogP contribution >= 0.6 is 0 Å². The predicted molar refractivity (Wildman–Crippen MR) is 186 cm³/mol. The van der Waals surface area contributed by atoms with Crippen molar-refractivity contribution in [1.29, 1.82) is 0 Å². The molecular formula is C41H37N3O. The molecule has 0 fully saturated rings. The lowest BCUT2D eigenvalue weighted by atomic mass is 9.78. The molecule has 0 saturated heterocycles. The third kappa shape index (κ3) is 5.38. The lowest BCUT2D eigenvalue weighted by Gasteiger charge is -2.26. The number of hydrogen-bond donors (Lipinski definition) is 0.